The van der Waals surface area contributed by atoms with E-state index in [0.29, 0.717) is 11.8 Å². The van der Waals surface area contributed by atoms with Gasteiger partial charge in [0.25, 0.3) is 0 Å². The maximum Gasteiger partial charge on any atom is 0.0158 e. The third-order valence-corrected chi connectivity index (χ3v) is 3.73. The lowest BCUT2D eigenvalue weighted by Crippen LogP contribution is -2.23. The summed E-state index contributed by atoms with van der Waals surface area (Å²) < 4.78 is 0. The van der Waals surface area contributed by atoms with Gasteiger partial charge in [0, 0.05) is 5.92 Å². The normalized spacial score (nSPS) is 22.4. The van der Waals surface area contributed by atoms with Gasteiger partial charge in [0.15, 0.2) is 0 Å². The van der Waals surface area contributed by atoms with Crippen LogP contribution in [0.3, 0.4) is 0 Å². The summed E-state index contributed by atoms with van der Waals surface area (Å²) in [5, 5.41) is 0. The lowest BCUT2D eigenvalue weighted by Gasteiger charge is -2.38. The SMILES string of the molecule is Cc1ccc2c(c1)C(C)C2c1ccccc1. The summed E-state index contributed by atoms with van der Waals surface area (Å²) in [6.07, 6.45) is 0. The van der Waals surface area contributed by atoms with Crippen LogP contribution in [0.2, 0.25) is 0 Å². The van der Waals surface area contributed by atoms with Gasteiger partial charge in [-0.15, -0.1) is 0 Å². The summed E-state index contributed by atoms with van der Waals surface area (Å²) in [4.78, 5) is 0. The van der Waals surface area contributed by atoms with Crippen LogP contribution in [0.25, 0.3) is 0 Å². The Balaban J connectivity index is 2.05. The van der Waals surface area contributed by atoms with Gasteiger partial charge in [0.2, 0.25) is 0 Å². The molecule has 0 saturated heterocycles. The Labute approximate surface area is 96.9 Å². The first-order chi connectivity index (χ1) is 7.77. The van der Waals surface area contributed by atoms with Gasteiger partial charge in [-0.3, -0.25) is 0 Å². The number of benzene rings is 2. The van der Waals surface area contributed by atoms with Gasteiger partial charge in [-0.25, -0.2) is 0 Å². The molecule has 80 valence electrons. The minimum atomic E-state index is 0.608. The summed E-state index contributed by atoms with van der Waals surface area (Å²) in [5.74, 6) is 1.27. The van der Waals surface area contributed by atoms with Crippen molar-refractivity contribution in [3.05, 3.63) is 70.8 Å². The van der Waals surface area contributed by atoms with Crippen LogP contribution in [-0.2, 0) is 0 Å². The zero-order valence-corrected chi connectivity index (χ0v) is 9.77. The Hall–Kier alpha value is -1.56. The topological polar surface area (TPSA) is 0 Å². The highest BCUT2D eigenvalue weighted by molar-refractivity contribution is 5.52. The van der Waals surface area contributed by atoms with Crippen molar-refractivity contribution < 1.29 is 0 Å². The van der Waals surface area contributed by atoms with E-state index in [-0.39, 0.29) is 0 Å². The van der Waals surface area contributed by atoms with Crippen molar-refractivity contribution in [2.75, 3.05) is 0 Å². The smallest absolute Gasteiger partial charge is 0.0158 e. The highest BCUT2D eigenvalue weighted by Gasteiger charge is 2.34. The molecule has 16 heavy (non-hydrogen) atoms. The number of hydrogen-bond acceptors (Lipinski definition) is 0. The largest absolute Gasteiger partial charge is 0.0622 e. The molecule has 0 amide bonds. The van der Waals surface area contributed by atoms with Gasteiger partial charge < -0.3 is 0 Å². The third kappa shape index (κ3) is 1.30. The molecule has 0 nitrogen and oxygen atoms in total. The standard InChI is InChI=1S/C16H16/c1-11-8-9-14-15(10-11)12(2)16(14)13-6-4-3-5-7-13/h3-10,12,16H,1-2H3. The molecule has 0 heterocycles. The summed E-state index contributed by atoms with van der Waals surface area (Å²) in [6.45, 7) is 4.50. The van der Waals surface area contributed by atoms with Crippen LogP contribution >= 0.6 is 0 Å². The minimum Gasteiger partial charge on any atom is -0.0622 e. The Morgan fingerprint density at radius 2 is 1.62 bits per heavy atom. The minimum absolute atomic E-state index is 0.608. The Morgan fingerprint density at radius 1 is 0.875 bits per heavy atom. The van der Waals surface area contributed by atoms with Crippen molar-refractivity contribution in [3.8, 4) is 0 Å². The van der Waals surface area contributed by atoms with E-state index in [0.717, 1.165) is 0 Å². The molecule has 0 saturated carbocycles. The molecular formula is C16H16. The van der Waals surface area contributed by atoms with E-state index in [1.807, 2.05) is 0 Å². The first kappa shape index (κ1) is 9.65. The van der Waals surface area contributed by atoms with Crippen molar-refractivity contribution in [2.24, 2.45) is 0 Å². The molecular weight excluding hydrogens is 192 g/mol. The molecule has 1 aliphatic rings. The van der Waals surface area contributed by atoms with E-state index in [9.17, 15) is 0 Å². The van der Waals surface area contributed by atoms with E-state index in [4.69, 9.17) is 0 Å². The van der Waals surface area contributed by atoms with E-state index in [2.05, 4.69) is 62.4 Å². The van der Waals surface area contributed by atoms with Crippen LogP contribution < -0.4 is 0 Å². The maximum absolute atomic E-state index is 2.33. The number of rotatable bonds is 1. The van der Waals surface area contributed by atoms with Gasteiger partial charge in [-0.2, -0.15) is 0 Å². The molecule has 0 heteroatoms. The molecule has 0 aliphatic heterocycles. The van der Waals surface area contributed by atoms with Crippen LogP contribution in [0, 0.1) is 6.92 Å². The summed E-state index contributed by atoms with van der Waals surface area (Å²) in [5.41, 5.74) is 5.88. The Kier molecular flexibility index (Phi) is 2.10. The van der Waals surface area contributed by atoms with Crippen molar-refractivity contribution in [1.29, 1.82) is 0 Å². The van der Waals surface area contributed by atoms with Gasteiger partial charge in [0.1, 0.15) is 0 Å². The highest BCUT2D eigenvalue weighted by atomic mass is 14.4. The number of aryl methyl sites for hydroxylation is 1. The average molecular weight is 208 g/mol. The predicted octanol–water partition coefficient (Wildman–Crippen LogP) is 4.24. The molecule has 0 N–H and O–H groups in total. The second kappa shape index (κ2) is 3.48. The lowest BCUT2D eigenvalue weighted by atomic mass is 9.65. The quantitative estimate of drug-likeness (QED) is 0.657. The zero-order chi connectivity index (χ0) is 11.1. The maximum atomic E-state index is 2.33. The summed E-state index contributed by atoms with van der Waals surface area (Å²) >= 11 is 0. The van der Waals surface area contributed by atoms with Gasteiger partial charge >= 0.3 is 0 Å². The molecule has 0 radical (unpaired) electrons. The van der Waals surface area contributed by atoms with Crippen LogP contribution in [-0.4, -0.2) is 0 Å². The summed E-state index contributed by atoms with van der Waals surface area (Å²) in [6, 6.07) is 17.7. The van der Waals surface area contributed by atoms with Crippen molar-refractivity contribution >= 4 is 0 Å². The fraction of sp³-hybridized carbons (Fsp3) is 0.250. The number of fused-ring (bicyclic) bond motifs is 1. The average Bonchev–Trinajstić information content (AvgIpc) is 2.32. The molecule has 0 aromatic heterocycles. The van der Waals surface area contributed by atoms with Crippen molar-refractivity contribution in [1.82, 2.24) is 0 Å². The molecule has 0 spiro atoms. The molecule has 3 rings (SSSR count). The first-order valence-electron chi connectivity index (χ1n) is 5.93. The molecule has 2 atom stereocenters. The van der Waals surface area contributed by atoms with Crippen LogP contribution in [0.5, 0.6) is 0 Å². The Morgan fingerprint density at radius 3 is 2.38 bits per heavy atom. The van der Waals surface area contributed by atoms with Crippen LogP contribution in [0.4, 0.5) is 0 Å². The van der Waals surface area contributed by atoms with Gasteiger partial charge in [-0.1, -0.05) is 61.0 Å². The highest BCUT2D eigenvalue weighted by Crippen LogP contribution is 2.50. The molecule has 0 bridgehead atoms. The van der Waals surface area contributed by atoms with E-state index >= 15 is 0 Å². The van der Waals surface area contributed by atoms with Gasteiger partial charge in [-0.05, 0) is 29.5 Å². The fourth-order valence-electron chi connectivity index (χ4n) is 2.85. The van der Waals surface area contributed by atoms with Crippen LogP contribution in [0.1, 0.15) is 41.0 Å². The molecule has 2 aromatic rings. The Bertz CT molecular complexity index is 511. The van der Waals surface area contributed by atoms with Crippen LogP contribution in [0.15, 0.2) is 48.5 Å². The van der Waals surface area contributed by atoms with E-state index in [1.165, 1.54) is 22.3 Å². The van der Waals surface area contributed by atoms with E-state index in [1.54, 1.807) is 0 Å². The zero-order valence-electron chi connectivity index (χ0n) is 9.77. The lowest BCUT2D eigenvalue weighted by molar-refractivity contribution is 0.573. The van der Waals surface area contributed by atoms with Gasteiger partial charge in [0.05, 0.1) is 0 Å². The van der Waals surface area contributed by atoms with E-state index < -0.39 is 0 Å². The van der Waals surface area contributed by atoms with Crippen molar-refractivity contribution in [2.45, 2.75) is 25.7 Å². The number of hydrogen-bond donors (Lipinski definition) is 0. The second-order valence-corrected chi connectivity index (χ2v) is 4.81. The predicted molar refractivity (Wildman–Crippen MR) is 67.9 cm³/mol. The third-order valence-electron chi connectivity index (χ3n) is 3.73. The molecule has 2 aromatic carbocycles. The fourth-order valence-corrected chi connectivity index (χ4v) is 2.85. The van der Waals surface area contributed by atoms with Crippen molar-refractivity contribution in [3.63, 3.8) is 0 Å². The molecule has 1 aliphatic carbocycles. The molecule has 2 unspecified atom stereocenters. The summed E-state index contributed by atoms with van der Waals surface area (Å²) in [7, 11) is 0. The monoisotopic (exact) mass is 208 g/mol. The first-order valence-corrected chi connectivity index (χ1v) is 5.93. The second-order valence-electron chi connectivity index (χ2n) is 4.81. The molecule has 0 fully saturated rings.